The zero-order valence-corrected chi connectivity index (χ0v) is 20.4. The first-order valence-corrected chi connectivity index (χ1v) is 12.4. The number of halogens is 2. The highest BCUT2D eigenvalue weighted by molar-refractivity contribution is 7.22. The van der Waals surface area contributed by atoms with Gasteiger partial charge in [-0.15, -0.1) is 0 Å². The maximum atomic E-state index is 15.1. The molecule has 3 heterocycles. The number of fused-ring (bicyclic) bond motifs is 2. The van der Waals surface area contributed by atoms with Crippen LogP contribution in [0.1, 0.15) is 29.7 Å². The summed E-state index contributed by atoms with van der Waals surface area (Å²) in [5, 5.41) is 12.1. The first-order chi connectivity index (χ1) is 17.3. The molecule has 0 aliphatic carbocycles. The molecule has 2 aliphatic rings. The van der Waals surface area contributed by atoms with Gasteiger partial charge in [0.1, 0.15) is 29.5 Å². The fraction of sp³-hybridized carbons (Fsp3) is 0.148. The molecule has 180 valence electrons. The summed E-state index contributed by atoms with van der Waals surface area (Å²) in [4.78, 5) is 32.4. The minimum Gasteiger partial charge on any atom is -0.507 e. The monoisotopic (exact) mass is 520 g/mol. The molecule has 2 atom stereocenters. The molecule has 6 rings (SSSR count). The molecular formula is C27H18ClFN2O4S. The largest absolute Gasteiger partial charge is 0.507 e. The van der Waals surface area contributed by atoms with E-state index in [9.17, 15) is 14.7 Å². The van der Waals surface area contributed by atoms with Crippen LogP contribution in [0.5, 0.6) is 5.75 Å². The molecule has 0 saturated carbocycles. The first-order valence-electron chi connectivity index (χ1n) is 11.2. The van der Waals surface area contributed by atoms with E-state index in [-0.39, 0.29) is 28.1 Å². The zero-order valence-electron chi connectivity index (χ0n) is 18.9. The van der Waals surface area contributed by atoms with Gasteiger partial charge in [-0.05, 0) is 55.0 Å². The van der Waals surface area contributed by atoms with Gasteiger partial charge in [0.15, 0.2) is 5.13 Å². The van der Waals surface area contributed by atoms with Crippen molar-refractivity contribution in [1.82, 2.24) is 4.98 Å². The van der Waals surface area contributed by atoms with Gasteiger partial charge < -0.3 is 9.84 Å². The Morgan fingerprint density at radius 3 is 2.78 bits per heavy atom. The highest BCUT2D eigenvalue weighted by Gasteiger charge is 2.49. The number of thiazole rings is 1. The lowest BCUT2D eigenvalue weighted by Crippen LogP contribution is -2.29. The van der Waals surface area contributed by atoms with Crippen LogP contribution >= 0.6 is 22.9 Å². The van der Waals surface area contributed by atoms with Crippen molar-refractivity contribution in [2.75, 3.05) is 4.90 Å². The average Bonchev–Trinajstić information content (AvgIpc) is 3.51. The number of aromatic nitrogens is 1. The molecule has 1 aromatic heterocycles. The van der Waals surface area contributed by atoms with Gasteiger partial charge in [-0.25, -0.2) is 9.37 Å². The summed E-state index contributed by atoms with van der Waals surface area (Å²) < 4.78 is 21.5. The maximum absolute atomic E-state index is 15.1. The number of aliphatic hydroxyl groups is 1. The van der Waals surface area contributed by atoms with Crippen molar-refractivity contribution < 1.29 is 23.8 Å². The van der Waals surface area contributed by atoms with Gasteiger partial charge in [-0.2, -0.15) is 0 Å². The van der Waals surface area contributed by atoms with Crippen LogP contribution in [-0.4, -0.2) is 27.9 Å². The lowest BCUT2D eigenvalue weighted by atomic mass is 9.94. The van der Waals surface area contributed by atoms with Crippen LogP contribution in [0.3, 0.4) is 0 Å². The van der Waals surface area contributed by atoms with E-state index in [0.717, 1.165) is 21.8 Å². The molecule has 0 unspecified atom stereocenters. The molecule has 9 heteroatoms. The number of aliphatic hydroxyl groups excluding tert-OH is 1. The quantitative estimate of drug-likeness (QED) is 0.202. The molecule has 1 saturated heterocycles. The van der Waals surface area contributed by atoms with Gasteiger partial charge in [0.25, 0.3) is 5.78 Å². The molecule has 1 amide bonds. The standard InChI is InChI=1S/C27H18ClFN2O4S/c1-13-10-15-11-14(6-9-20(15)35-13)24(32)22-23(17-4-2-3-5-18(17)29)31(26(34)25(22)33)27-30-19-8-7-16(28)12-21(19)36-27/h2-9,11-13,23,32H,10H2,1H3/b24-22+/t13-,23-/m1/s1. The summed E-state index contributed by atoms with van der Waals surface area (Å²) in [6, 6.07) is 14.9. The highest BCUT2D eigenvalue weighted by atomic mass is 35.5. The maximum Gasteiger partial charge on any atom is 0.301 e. The van der Waals surface area contributed by atoms with Crippen LogP contribution in [0.4, 0.5) is 9.52 Å². The van der Waals surface area contributed by atoms with E-state index >= 15 is 4.39 Å². The molecular weight excluding hydrogens is 503 g/mol. The minimum absolute atomic E-state index is 0.00562. The predicted molar refractivity (Wildman–Crippen MR) is 136 cm³/mol. The Balaban J connectivity index is 1.55. The Labute approximate surface area is 214 Å². The van der Waals surface area contributed by atoms with Crippen LogP contribution in [0, 0.1) is 5.82 Å². The van der Waals surface area contributed by atoms with Gasteiger partial charge in [0.2, 0.25) is 0 Å². The van der Waals surface area contributed by atoms with E-state index in [1.807, 2.05) is 6.92 Å². The number of anilines is 1. The predicted octanol–water partition coefficient (Wildman–Crippen LogP) is 6.04. The highest BCUT2D eigenvalue weighted by Crippen LogP contribution is 2.45. The molecule has 6 nitrogen and oxygen atoms in total. The fourth-order valence-corrected chi connectivity index (χ4v) is 6.00. The molecule has 1 N–H and O–H groups in total. The van der Waals surface area contributed by atoms with Gasteiger partial charge in [-0.1, -0.05) is 41.1 Å². The summed E-state index contributed by atoms with van der Waals surface area (Å²) in [7, 11) is 0. The van der Waals surface area contributed by atoms with Crippen molar-refractivity contribution in [3.8, 4) is 5.75 Å². The Morgan fingerprint density at radius 1 is 1.17 bits per heavy atom. The van der Waals surface area contributed by atoms with Crippen LogP contribution in [-0.2, 0) is 16.0 Å². The van der Waals surface area contributed by atoms with Crippen LogP contribution in [0.15, 0.2) is 66.2 Å². The number of hydrogen-bond acceptors (Lipinski definition) is 6. The third-order valence-corrected chi connectivity index (χ3v) is 7.61. The van der Waals surface area contributed by atoms with E-state index in [2.05, 4.69) is 4.98 Å². The SMILES string of the molecule is C[C@@H]1Cc2cc(/C(O)=C3\C(=O)C(=O)N(c4nc5ccc(Cl)cc5s4)[C@@H]3c3ccccc3F)ccc2O1. The lowest BCUT2D eigenvalue weighted by molar-refractivity contribution is -0.132. The fourth-order valence-electron chi connectivity index (χ4n) is 4.74. The lowest BCUT2D eigenvalue weighted by Gasteiger charge is -2.23. The number of Topliss-reactive ketones (excluding diaryl/α,β-unsaturated/α-hetero) is 1. The number of amides is 1. The molecule has 36 heavy (non-hydrogen) atoms. The number of carbonyl (C=O) groups is 2. The second kappa shape index (κ2) is 8.43. The van der Waals surface area contributed by atoms with E-state index in [1.54, 1.807) is 42.5 Å². The Hall–Kier alpha value is -3.75. The normalized spacial score (nSPS) is 20.7. The smallest absolute Gasteiger partial charge is 0.301 e. The number of ketones is 1. The van der Waals surface area contributed by atoms with Crippen molar-refractivity contribution in [2.45, 2.75) is 25.5 Å². The molecule has 3 aromatic carbocycles. The van der Waals surface area contributed by atoms with Crippen molar-refractivity contribution in [3.05, 3.63) is 93.8 Å². The van der Waals surface area contributed by atoms with E-state index in [4.69, 9.17) is 16.3 Å². The van der Waals surface area contributed by atoms with E-state index < -0.39 is 23.5 Å². The van der Waals surface area contributed by atoms with Crippen molar-refractivity contribution in [1.29, 1.82) is 0 Å². The third kappa shape index (κ3) is 3.56. The summed E-state index contributed by atoms with van der Waals surface area (Å²) in [5.41, 5.74) is 1.69. The number of nitrogens with zero attached hydrogens (tertiary/aromatic N) is 2. The number of hydrogen-bond donors (Lipinski definition) is 1. The minimum atomic E-state index is -1.20. The molecule has 0 bridgehead atoms. The van der Waals surface area contributed by atoms with Crippen LogP contribution in [0.25, 0.3) is 16.0 Å². The van der Waals surface area contributed by atoms with Crippen molar-refractivity contribution >= 4 is 55.7 Å². The topological polar surface area (TPSA) is 79.7 Å². The number of benzene rings is 3. The number of rotatable bonds is 3. The first kappa shape index (κ1) is 22.7. The second-order valence-corrected chi connectivity index (χ2v) is 10.2. The molecule has 0 spiro atoms. The summed E-state index contributed by atoms with van der Waals surface area (Å²) in [6.07, 6.45) is 0.643. The zero-order chi connectivity index (χ0) is 25.1. The van der Waals surface area contributed by atoms with Gasteiger partial charge in [0, 0.05) is 22.6 Å². The van der Waals surface area contributed by atoms with Gasteiger partial charge >= 0.3 is 5.91 Å². The van der Waals surface area contributed by atoms with Crippen LogP contribution < -0.4 is 9.64 Å². The molecule has 1 fully saturated rings. The molecule has 4 aromatic rings. The van der Waals surface area contributed by atoms with E-state index in [1.165, 1.54) is 18.2 Å². The molecule has 0 radical (unpaired) electrons. The summed E-state index contributed by atoms with van der Waals surface area (Å²) in [6.45, 7) is 1.94. The average molecular weight is 521 g/mol. The van der Waals surface area contributed by atoms with Crippen molar-refractivity contribution in [3.63, 3.8) is 0 Å². The Kier molecular flexibility index (Phi) is 5.31. The third-order valence-electron chi connectivity index (χ3n) is 6.36. The van der Waals surface area contributed by atoms with E-state index in [0.29, 0.717) is 33.0 Å². The Morgan fingerprint density at radius 2 is 1.97 bits per heavy atom. The summed E-state index contributed by atoms with van der Waals surface area (Å²) >= 11 is 7.27. The van der Waals surface area contributed by atoms with Gasteiger partial charge in [-0.3, -0.25) is 14.5 Å². The molecule has 2 aliphatic heterocycles. The van der Waals surface area contributed by atoms with Crippen molar-refractivity contribution in [2.24, 2.45) is 0 Å². The number of carbonyl (C=O) groups excluding carboxylic acids is 2. The Bertz CT molecular complexity index is 1610. The van der Waals surface area contributed by atoms with Gasteiger partial charge in [0.05, 0.1) is 15.8 Å². The summed E-state index contributed by atoms with van der Waals surface area (Å²) in [5.74, 6) is -2.09. The second-order valence-electron chi connectivity index (χ2n) is 8.75. The van der Waals surface area contributed by atoms with Crippen LogP contribution in [0.2, 0.25) is 5.02 Å². The number of ether oxygens (including phenoxy) is 1.